The van der Waals surface area contributed by atoms with Gasteiger partial charge in [-0.05, 0) is 31.2 Å². The zero-order chi connectivity index (χ0) is 17.9. The molecule has 1 atom stereocenters. The lowest BCUT2D eigenvalue weighted by Crippen LogP contribution is -2.29. The molecule has 0 saturated heterocycles. The van der Waals surface area contributed by atoms with Crippen LogP contribution in [0, 0.1) is 0 Å². The van der Waals surface area contributed by atoms with Crippen molar-refractivity contribution in [2.45, 2.75) is 11.8 Å². The highest BCUT2D eigenvalue weighted by Gasteiger charge is 2.23. The first-order valence-electron chi connectivity index (χ1n) is 7.17. The number of hydrogen-bond donors (Lipinski definition) is 1. The van der Waals surface area contributed by atoms with E-state index in [0.717, 1.165) is 4.31 Å². The maximum Gasteiger partial charge on any atom is 0.255 e. The summed E-state index contributed by atoms with van der Waals surface area (Å²) in [4.78, 5) is 23.6. The Morgan fingerprint density at radius 1 is 1.04 bits per heavy atom. The molecular weight excluding hydrogens is 328 g/mol. The molecule has 7 heteroatoms. The van der Waals surface area contributed by atoms with Crippen LogP contribution in [0.1, 0.15) is 27.6 Å². The van der Waals surface area contributed by atoms with Gasteiger partial charge in [0.05, 0.1) is 0 Å². The number of sulfonamides is 1. The SMILES string of the molecule is CC(=O)c1ccc(C(=O)Nc2cccc([S+](=O)([O-])N(C)C)c2)cc1. The van der Waals surface area contributed by atoms with Crippen molar-refractivity contribution in [1.82, 2.24) is 4.31 Å². The number of hydrogen-bond acceptors (Lipinski definition) is 4. The molecular formula is C17H18N2O4S. The third-order valence-corrected chi connectivity index (χ3v) is 5.24. The summed E-state index contributed by atoms with van der Waals surface area (Å²) in [6.07, 6.45) is 0. The highest BCUT2D eigenvalue weighted by Crippen LogP contribution is 2.22. The molecule has 0 aliphatic heterocycles. The van der Waals surface area contributed by atoms with Gasteiger partial charge < -0.3 is 9.87 Å². The Morgan fingerprint density at radius 2 is 1.62 bits per heavy atom. The van der Waals surface area contributed by atoms with Crippen molar-refractivity contribution < 1.29 is 18.4 Å². The van der Waals surface area contributed by atoms with Crippen LogP contribution in [0.15, 0.2) is 53.4 Å². The van der Waals surface area contributed by atoms with Crippen molar-refractivity contribution in [2.75, 3.05) is 19.4 Å². The summed E-state index contributed by atoms with van der Waals surface area (Å²) in [6.45, 7) is 1.45. The van der Waals surface area contributed by atoms with Gasteiger partial charge >= 0.3 is 0 Å². The standard InChI is InChI=1S/C17H18N2O4S/c1-12(20)13-7-9-14(10-8-13)17(21)18-15-5-4-6-16(11-15)24(22,23)19(2)3/h4-11H,1-3H3,(H-,18,21,22,23). The minimum absolute atomic E-state index is 0.0800. The van der Waals surface area contributed by atoms with Gasteiger partial charge in [-0.25, -0.2) is 0 Å². The van der Waals surface area contributed by atoms with Crippen LogP contribution in [-0.4, -0.2) is 34.6 Å². The fourth-order valence-electron chi connectivity index (χ4n) is 2.00. The minimum Gasteiger partial charge on any atom is -0.593 e. The summed E-state index contributed by atoms with van der Waals surface area (Å²) >= 11 is 0. The molecule has 1 amide bonds. The fraction of sp³-hybridized carbons (Fsp3) is 0.176. The first kappa shape index (κ1) is 18.0. The van der Waals surface area contributed by atoms with Gasteiger partial charge in [-0.15, -0.1) is 4.31 Å². The van der Waals surface area contributed by atoms with Gasteiger partial charge in [-0.2, -0.15) is 0 Å². The predicted molar refractivity (Wildman–Crippen MR) is 91.6 cm³/mol. The van der Waals surface area contributed by atoms with E-state index in [0.29, 0.717) is 16.8 Å². The Balaban J connectivity index is 2.20. The second kappa shape index (κ2) is 7.04. The van der Waals surface area contributed by atoms with E-state index in [9.17, 15) is 18.4 Å². The maximum absolute atomic E-state index is 12.2. The van der Waals surface area contributed by atoms with Gasteiger partial charge in [0.1, 0.15) is 0 Å². The van der Waals surface area contributed by atoms with Crippen LogP contribution >= 0.6 is 0 Å². The Bertz CT molecular complexity index is 816. The normalized spacial score (nSPS) is 13.4. The first-order valence-corrected chi connectivity index (χ1v) is 8.61. The third-order valence-electron chi connectivity index (χ3n) is 3.42. The molecule has 0 saturated carbocycles. The number of benzene rings is 2. The van der Waals surface area contributed by atoms with Crippen molar-refractivity contribution in [1.29, 1.82) is 0 Å². The maximum atomic E-state index is 12.2. The monoisotopic (exact) mass is 346 g/mol. The van der Waals surface area contributed by atoms with E-state index >= 15 is 0 Å². The van der Waals surface area contributed by atoms with Gasteiger partial charge in [-0.1, -0.05) is 22.4 Å². The zero-order valence-corrected chi connectivity index (χ0v) is 14.4. The lowest BCUT2D eigenvalue weighted by atomic mass is 10.1. The van der Waals surface area contributed by atoms with Crippen molar-refractivity contribution in [2.24, 2.45) is 0 Å². The molecule has 0 aliphatic rings. The number of amides is 1. The van der Waals surface area contributed by atoms with Crippen molar-refractivity contribution in [3.63, 3.8) is 0 Å². The van der Waals surface area contributed by atoms with E-state index in [1.807, 2.05) is 0 Å². The highest BCUT2D eigenvalue weighted by atomic mass is 32.3. The Labute approximate surface area is 141 Å². The van der Waals surface area contributed by atoms with Crippen LogP contribution in [0.3, 0.4) is 0 Å². The van der Waals surface area contributed by atoms with Crippen molar-refractivity contribution in [3.8, 4) is 0 Å². The molecule has 0 heterocycles. The number of rotatable bonds is 5. The largest absolute Gasteiger partial charge is 0.593 e. The lowest BCUT2D eigenvalue weighted by Gasteiger charge is -2.20. The second-order valence-electron chi connectivity index (χ2n) is 5.40. The van der Waals surface area contributed by atoms with Gasteiger partial charge in [0.2, 0.25) is 0 Å². The van der Waals surface area contributed by atoms with Gasteiger partial charge in [-0.3, -0.25) is 9.59 Å². The number of ketones is 1. The predicted octanol–water partition coefficient (Wildman–Crippen LogP) is 2.61. The Morgan fingerprint density at radius 3 is 2.17 bits per heavy atom. The molecule has 1 N–H and O–H groups in total. The number of nitrogens with one attached hydrogen (secondary N) is 1. The minimum atomic E-state index is -3.57. The highest BCUT2D eigenvalue weighted by molar-refractivity contribution is 7.95. The number of carbonyl (C=O) groups is 2. The summed E-state index contributed by atoms with van der Waals surface area (Å²) in [7, 11) is -0.687. The Hall–Kier alpha value is -2.35. The summed E-state index contributed by atoms with van der Waals surface area (Å²) in [5, 5.41) is 2.65. The molecule has 1 unspecified atom stereocenters. The van der Waals surface area contributed by atoms with E-state index in [2.05, 4.69) is 5.32 Å². The average molecular weight is 346 g/mol. The molecule has 126 valence electrons. The third kappa shape index (κ3) is 3.94. The fourth-order valence-corrected chi connectivity index (χ4v) is 2.95. The molecule has 0 spiro atoms. The molecule has 0 bridgehead atoms. The lowest BCUT2D eigenvalue weighted by molar-refractivity contribution is 0.100. The quantitative estimate of drug-likeness (QED) is 0.666. The average Bonchev–Trinajstić information content (AvgIpc) is 2.55. The van der Waals surface area contributed by atoms with Crippen molar-refractivity contribution >= 4 is 27.8 Å². The molecule has 2 aromatic carbocycles. The number of anilines is 1. The van der Waals surface area contributed by atoms with Gasteiger partial charge in [0.25, 0.3) is 5.91 Å². The van der Waals surface area contributed by atoms with Crippen LogP contribution in [-0.2, 0) is 14.6 Å². The van der Waals surface area contributed by atoms with E-state index in [4.69, 9.17) is 0 Å². The molecule has 0 aromatic heterocycles. The first-order chi connectivity index (χ1) is 11.2. The smallest absolute Gasteiger partial charge is 0.255 e. The van der Waals surface area contributed by atoms with Gasteiger partial charge in [0, 0.05) is 37.0 Å². The number of nitrogens with zero attached hydrogens (tertiary/aromatic N) is 1. The molecule has 0 aliphatic carbocycles. The molecule has 24 heavy (non-hydrogen) atoms. The summed E-state index contributed by atoms with van der Waals surface area (Å²) in [6, 6.07) is 12.3. The number of carbonyl (C=O) groups excluding carboxylic acids is 2. The Kier molecular flexibility index (Phi) is 5.28. The van der Waals surface area contributed by atoms with Crippen LogP contribution in [0.2, 0.25) is 0 Å². The summed E-state index contributed by atoms with van der Waals surface area (Å²) in [5.41, 5.74) is 1.27. The summed E-state index contributed by atoms with van der Waals surface area (Å²) < 4.78 is 25.4. The molecule has 2 aromatic rings. The van der Waals surface area contributed by atoms with E-state index in [1.54, 1.807) is 36.4 Å². The van der Waals surface area contributed by atoms with E-state index < -0.39 is 10.4 Å². The number of Topliss-reactive ketones (excluding diaryl/α,β-unsaturated/α-hetero) is 1. The zero-order valence-electron chi connectivity index (χ0n) is 13.6. The van der Waals surface area contributed by atoms with Crippen molar-refractivity contribution in [3.05, 3.63) is 59.7 Å². The molecule has 6 nitrogen and oxygen atoms in total. The topological polar surface area (TPSA) is 89.5 Å². The molecule has 0 fully saturated rings. The second-order valence-corrected chi connectivity index (χ2v) is 7.55. The van der Waals surface area contributed by atoms with Crippen LogP contribution in [0.25, 0.3) is 0 Å². The van der Waals surface area contributed by atoms with Crippen LogP contribution < -0.4 is 5.32 Å². The van der Waals surface area contributed by atoms with E-state index in [1.165, 1.54) is 33.2 Å². The van der Waals surface area contributed by atoms with Gasteiger partial charge in [0.15, 0.2) is 21.1 Å². The van der Waals surface area contributed by atoms with Crippen LogP contribution in [0.5, 0.6) is 0 Å². The summed E-state index contributed by atoms with van der Waals surface area (Å²) in [5.74, 6) is -0.465. The molecule has 2 rings (SSSR count). The molecule has 0 radical (unpaired) electrons. The van der Waals surface area contributed by atoms with E-state index in [-0.39, 0.29) is 16.6 Å². The van der Waals surface area contributed by atoms with Crippen LogP contribution in [0.4, 0.5) is 5.69 Å².